The van der Waals surface area contributed by atoms with Gasteiger partial charge in [-0.25, -0.2) is 0 Å². The lowest BCUT2D eigenvalue weighted by molar-refractivity contribution is -0.123. The van der Waals surface area contributed by atoms with E-state index in [9.17, 15) is 4.79 Å². The van der Waals surface area contributed by atoms with Crippen LogP contribution in [0.3, 0.4) is 0 Å². The third-order valence-corrected chi connectivity index (χ3v) is 4.04. The number of amides is 1. The van der Waals surface area contributed by atoms with Gasteiger partial charge in [-0.15, -0.1) is 11.3 Å². The minimum Gasteiger partial charge on any atom is -0.483 e. The van der Waals surface area contributed by atoms with Crippen molar-refractivity contribution in [3.8, 4) is 5.75 Å². The first-order chi connectivity index (χ1) is 9.56. The first-order valence-corrected chi connectivity index (χ1v) is 7.44. The number of hydrogen-bond acceptors (Lipinski definition) is 3. The molecule has 1 heterocycles. The Bertz CT molecular complexity index is 591. The monoisotopic (exact) mass is 289 g/mol. The predicted molar refractivity (Wildman–Crippen MR) is 82.3 cm³/mol. The molecule has 3 nitrogen and oxygen atoms in total. The van der Waals surface area contributed by atoms with Gasteiger partial charge in [0.2, 0.25) is 0 Å². The van der Waals surface area contributed by atoms with Crippen LogP contribution in [0.25, 0.3) is 0 Å². The van der Waals surface area contributed by atoms with E-state index in [0.717, 1.165) is 21.8 Å². The van der Waals surface area contributed by atoms with Gasteiger partial charge < -0.3 is 10.1 Å². The van der Waals surface area contributed by atoms with Crippen molar-refractivity contribution in [2.75, 3.05) is 6.61 Å². The number of carbonyl (C=O) groups excluding carboxylic acids is 1. The average molecular weight is 289 g/mol. The van der Waals surface area contributed by atoms with Gasteiger partial charge in [-0.1, -0.05) is 12.1 Å². The van der Waals surface area contributed by atoms with Gasteiger partial charge >= 0.3 is 0 Å². The maximum Gasteiger partial charge on any atom is 0.258 e. The first kappa shape index (κ1) is 14.6. The number of carbonyl (C=O) groups is 1. The van der Waals surface area contributed by atoms with Crippen molar-refractivity contribution in [1.29, 1.82) is 0 Å². The van der Waals surface area contributed by atoms with Crippen LogP contribution in [-0.2, 0) is 11.3 Å². The van der Waals surface area contributed by atoms with Gasteiger partial charge in [0.05, 0.1) is 6.54 Å². The smallest absolute Gasteiger partial charge is 0.258 e. The Hall–Kier alpha value is -1.81. The average Bonchev–Trinajstić information content (AvgIpc) is 2.92. The van der Waals surface area contributed by atoms with Crippen molar-refractivity contribution in [1.82, 2.24) is 5.32 Å². The molecule has 20 heavy (non-hydrogen) atoms. The Kier molecular flexibility index (Phi) is 4.79. The predicted octanol–water partition coefficient (Wildman–Crippen LogP) is 3.37. The zero-order valence-corrected chi connectivity index (χ0v) is 12.8. The Labute approximate surface area is 123 Å². The second-order valence-electron chi connectivity index (χ2n) is 4.85. The number of nitrogens with one attached hydrogen (secondary N) is 1. The van der Waals surface area contributed by atoms with Crippen LogP contribution in [0.15, 0.2) is 29.6 Å². The van der Waals surface area contributed by atoms with E-state index in [2.05, 4.69) is 11.4 Å². The lowest BCUT2D eigenvalue weighted by Crippen LogP contribution is -2.28. The number of aryl methyl sites for hydroxylation is 2. The Morgan fingerprint density at radius 2 is 2.10 bits per heavy atom. The summed E-state index contributed by atoms with van der Waals surface area (Å²) >= 11 is 1.63. The van der Waals surface area contributed by atoms with E-state index >= 15 is 0 Å². The number of ether oxygens (including phenoxy) is 1. The zero-order chi connectivity index (χ0) is 14.5. The van der Waals surface area contributed by atoms with E-state index in [-0.39, 0.29) is 12.5 Å². The highest BCUT2D eigenvalue weighted by molar-refractivity contribution is 7.09. The minimum atomic E-state index is -0.100. The van der Waals surface area contributed by atoms with E-state index in [1.54, 1.807) is 11.3 Å². The summed E-state index contributed by atoms with van der Waals surface area (Å²) in [4.78, 5) is 12.9. The molecular weight excluding hydrogens is 270 g/mol. The molecule has 2 rings (SSSR count). The van der Waals surface area contributed by atoms with Crippen LogP contribution in [-0.4, -0.2) is 12.5 Å². The fraction of sp³-hybridized carbons (Fsp3) is 0.312. The highest BCUT2D eigenvalue weighted by Crippen LogP contribution is 2.23. The second-order valence-corrected chi connectivity index (χ2v) is 5.88. The molecule has 1 aromatic heterocycles. The molecule has 0 aliphatic heterocycles. The summed E-state index contributed by atoms with van der Waals surface area (Å²) in [7, 11) is 0. The molecule has 1 amide bonds. The Morgan fingerprint density at radius 3 is 2.80 bits per heavy atom. The highest BCUT2D eigenvalue weighted by atomic mass is 32.1. The highest BCUT2D eigenvalue weighted by Gasteiger charge is 2.07. The third kappa shape index (κ3) is 3.84. The maximum absolute atomic E-state index is 11.8. The summed E-state index contributed by atoms with van der Waals surface area (Å²) < 4.78 is 5.62. The fourth-order valence-corrected chi connectivity index (χ4v) is 2.59. The number of benzene rings is 1. The van der Waals surface area contributed by atoms with Crippen molar-refractivity contribution >= 4 is 17.2 Å². The molecule has 0 atom stereocenters. The molecule has 1 N–H and O–H groups in total. The van der Waals surface area contributed by atoms with Gasteiger partial charge in [-0.05, 0) is 55.0 Å². The van der Waals surface area contributed by atoms with Gasteiger partial charge in [0, 0.05) is 4.88 Å². The Morgan fingerprint density at radius 1 is 1.30 bits per heavy atom. The van der Waals surface area contributed by atoms with E-state index in [0.29, 0.717) is 6.54 Å². The van der Waals surface area contributed by atoms with Crippen LogP contribution < -0.4 is 10.1 Å². The summed E-state index contributed by atoms with van der Waals surface area (Å²) in [6.45, 7) is 6.69. The molecule has 4 heteroatoms. The van der Waals surface area contributed by atoms with Crippen molar-refractivity contribution in [2.45, 2.75) is 27.3 Å². The van der Waals surface area contributed by atoms with Gasteiger partial charge in [0.1, 0.15) is 5.75 Å². The van der Waals surface area contributed by atoms with E-state index in [1.807, 2.05) is 44.4 Å². The van der Waals surface area contributed by atoms with Crippen LogP contribution in [0.5, 0.6) is 5.75 Å². The molecule has 0 aliphatic carbocycles. The van der Waals surface area contributed by atoms with E-state index in [4.69, 9.17) is 4.74 Å². The van der Waals surface area contributed by atoms with E-state index < -0.39 is 0 Å². The first-order valence-electron chi connectivity index (χ1n) is 6.56. The Balaban J connectivity index is 1.87. The van der Waals surface area contributed by atoms with Crippen LogP contribution in [0, 0.1) is 20.8 Å². The summed E-state index contributed by atoms with van der Waals surface area (Å²) in [5, 5.41) is 4.85. The fourth-order valence-electron chi connectivity index (χ4n) is 1.94. The largest absolute Gasteiger partial charge is 0.483 e. The molecule has 0 unspecified atom stereocenters. The van der Waals surface area contributed by atoms with Crippen LogP contribution in [0.1, 0.15) is 21.6 Å². The minimum absolute atomic E-state index is 0.0507. The van der Waals surface area contributed by atoms with E-state index in [1.165, 1.54) is 5.56 Å². The standard InChI is InChI=1S/C16H19NO2S/c1-11-7-12(2)13(3)15(8-11)19-10-16(18)17-9-14-5-4-6-20-14/h4-8H,9-10H2,1-3H3,(H,17,18). The normalized spacial score (nSPS) is 10.3. The summed E-state index contributed by atoms with van der Waals surface area (Å²) in [6, 6.07) is 8.05. The molecule has 106 valence electrons. The molecule has 1 aromatic carbocycles. The summed E-state index contributed by atoms with van der Waals surface area (Å²) in [5.74, 6) is 0.686. The molecule has 0 bridgehead atoms. The van der Waals surface area contributed by atoms with Gasteiger partial charge in [-0.2, -0.15) is 0 Å². The third-order valence-electron chi connectivity index (χ3n) is 3.16. The molecule has 0 saturated heterocycles. The molecule has 2 aromatic rings. The number of hydrogen-bond donors (Lipinski definition) is 1. The van der Waals surface area contributed by atoms with Crippen molar-refractivity contribution < 1.29 is 9.53 Å². The van der Waals surface area contributed by atoms with Gasteiger partial charge in [0.15, 0.2) is 6.61 Å². The molecule has 0 radical (unpaired) electrons. The zero-order valence-electron chi connectivity index (χ0n) is 12.0. The quantitative estimate of drug-likeness (QED) is 0.916. The lowest BCUT2D eigenvalue weighted by atomic mass is 10.1. The molecule has 0 aliphatic rings. The number of thiophene rings is 1. The van der Waals surface area contributed by atoms with Crippen molar-refractivity contribution in [3.63, 3.8) is 0 Å². The van der Waals surface area contributed by atoms with Gasteiger partial charge in [-0.3, -0.25) is 4.79 Å². The molecule has 0 spiro atoms. The van der Waals surface area contributed by atoms with Crippen LogP contribution in [0.4, 0.5) is 0 Å². The SMILES string of the molecule is Cc1cc(C)c(C)c(OCC(=O)NCc2cccs2)c1. The maximum atomic E-state index is 11.8. The summed E-state index contributed by atoms with van der Waals surface area (Å²) in [6.07, 6.45) is 0. The van der Waals surface area contributed by atoms with Crippen molar-refractivity contribution in [2.24, 2.45) is 0 Å². The van der Waals surface area contributed by atoms with Gasteiger partial charge in [0.25, 0.3) is 5.91 Å². The molecular formula is C16H19NO2S. The topological polar surface area (TPSA) is 38.3 Å². The molecule has 0 saturated carbocycles. The lowest BCUT2D eigenvalue weighted by Gasteiger charge is -2.12. The van der Waals surface area contributed by atoms with Crippen LogP contribution in [0.2, 0.25) is 0 Å². The van der Waals surface area contributed by atoms with Crippen molar-refractivity contribution in [3.05, 3.63) is 51.2 Å². The number of rotatable bonds is 5. The van der Waals surface area contributed by atoms with Crippen LogP contribution >= 0.6 is 11.3 Å². The molecule has 0 fully saturated rings. The second kappa shape index (κ2) is 6.57. The summed E-state index contributed by atoms with van der Waals surface area (Å²) in [5.41, 5.74) is 3.41.